The minimum Gasteiger partial charge on any atom is -0.415 e. The van der Waals surface area contributed by atoms with Gasteiger partial charge < -0.3 is 9.74 Å². The average Bonchev–Trinajstić information content (AvgIpc) is 2.91. The Morgan fingerprint density at radius 1 is 1.29 bits per heavy atom. The lowest BCUT2D eigenvalue weighted by Gasteiger charge is -2.30. The zero-order valence-electron chi connectivity index (χ0n) is 14.5. The molecule has 0 aromatic carbocycles. The summed E-state index contributed by atoms with van der Waals surface area (Å²) in [6.45, 7) is 10.7. The lowest BCUT2D eigenvalue weighted by atomic mass is 10.00. The van der Waals surface area contributed by atoms with E-state index in [4.69, 9.17) is 21.3 Å². The molecule has 1 N–H and O–H groups in total. The Morgan fingerprint density at radius 3 is 2.58 bits per heavy atom. The van der Waals surface area contributed by atoms with Gasteiger partial charge in [-0.1, -0.05) is 43.7 Å². The van der Waals surface area contributed by atoms with Crippen LogP contribution in [0.5, 0.6) is 0 Å². The molecule has 2 aromatic heterocycles. The van der Waals surface area contributed by atoms with Gasteiger partial charge in [-0.2, -0.15) is 5.26 Å². The van der Waals surface area contributed by atoms with Crippen LogP contribution in [0.1, 0.15) is 45.1 Å². The number of thiazole rings is 1. The molecule has 0 amide bonds. The van der Waals surface area contributed by atoms with Crippen LogP contribution >= 0.6 is 22.9 Å². The molecule has 0 saturated carbocycles. The SMILES string of the molecule is CC(C)(C)[SiH2]OC(C)(C)c1cc(Cl)nc(Nc2ncc(C#N)s2)c1. The van der Waals surface area contributed by atoms with E-state index in [0.29, 0.717) is 21.0 Å². The lowest BCUT2D eigenvalue weighted by Crippen LogP contribution is -2.27. The second kappa shape index (κ2) is 7.19. The summed E-state index contributed by atoms with van der Waals surface area (Å²) in [5.74, 6) is 0.588. The molecule has 8 heteroatoms. The maximum absolute atomic E-state index is 8.88. The van der Waals surface area contributed by atoms with Gasteiger partial charge in [0.15, 0.2) is 14.9 Å². The summed E-state index contributed by atoms with van der Waals surface area (Å²) in [4.78, 5) is 8.97. The van der Waals surface area contributed by atoms with Gasteiger partial charge in [0.05, 0.1) is 11.8 Å². The molecule has 0 unspecified atom stereocenters. The molecule has 5 nitrogen and oxygen atoms in total. The maximum atomic E-state index is 8.88. The van der Waals surface area contributed by atoms with Crippen LogP contribution in [0.2, 0.25) is 10.2 Å². The quantitative estimate of drug-likeness (QED) is 0.616. The van der Waals surface area contributed by atoms with Gasteiger partial charge in [0.25, 0.3) is 0 Å². The minimum atomic E-state index is -0.710. The third-order valence-corrected chi connectivity index (χ3v) is 5.95. The first-order valence-electron chi connectivity index (χ1n) is 7.54. The second-order valence-corrected chi connectivity index (χ2v) is 11.3. The summed E-state index contributed by atoms with van der Waals surface area (Å²) in [7, 11) is -0.710. The standard InChI is InChI=1S/C16H21ClN4OSSi/c1-15(2,3)24-22-16(4,5)10-6-12(17)20-13(7-10)21-14-19-9-11(8-18)23-14/h6-7,9H,24H2,1-5H3,(H,19,20,21). The fourth-order valence-corrected chi connectivity index (χ4v) is 3.67. The van der Waals surface area contributed by atoms with Gasteiger partial charge in [0.2, 0.25) is 0 Å². The van der Waals surface area contributed by atoms with Crippen LogP contribution in [-0.2, 0) is 10.0 Å². The van der Waals surface area contributed by atoms with E-state index in [9.17, 15) is 0 Å². The van der Waals surface area contributed by atoms with E-state index in [0.717, 1.165) is 5.56 Å². The van der Waals surface area contributed by atoms with Crippen molar-refractivity contribution in [3.8, 4) is 6.07 Å². The zero-order chi connectivity index (χ0) is 18.0. The number of halogens is 1. The molecule has 2 aromatic rings. The Balaban J connectivity index is 2.22. The van der Waals surface area contributed by atoms with Crippen LogP contribution in [0.25, 0.3) is 0 Å². The lowest BCUT2D eigenvalue weighted by molar-refractivity contribution is 0.109. The predicted molar refractivity (Wildman–Crippen MR) is 102 cm³/mol. The maximum Gasteiger partial charge on any atom is 0.189 e. The van der Waals surface area contributed by atoms with Crippen LogP contribution in [0, 0.1) is 11.3 Å². The molecule has 2 heterocycles. The smallest absolute Gasteiger partial charge is 0.189 e. The third kappa shape index (κ3) is 5.28. The van der Waals surface area contributed by atoms with E-state index >= 15 is 0 Å². The monoisotopic (exact) mass is 380 g/mol. The number of nitriles is 1. The molecule has 128 valence electrons. The number of rotatable bonds is 5. The van der Waals surface area contributed by atoms with Gasteiger partial charge in [-0.15, -0.1) is 0 Å². The first-order valence-corrected chi connectivity index (χ1v) is 10.0. The number of aromatic nitrogens is 2. The number of nitrogens with zero attached hydrogens (tertiary/aromatic N) is 3. The van der Waals surface area contributed by atoms with Crippen molar-refractivity contribution in [1.29, 1.82) is 5.26 Å². The van der Waals surface area contributed by atoms with Gasteiger partial charge in [-0.05, 0) is 36.6 Å². The highest BCUT2D eigenvalue weighted by Gasteiger charge is 2.25. The van der Waals surface area contributed by atoms with E-state index in [-0.39, 0.29) is 5.04 Å². The largest absolute Gasteiger partial charge is 0.415 e. The highest BCUT2D eigenvalue weighted by Crippen LogP contribution is 2.32. The fourth-order valence-electron chi connectivity index (χ4n) is 1.88. The predicted octanol–water partition coefficient (Wildman–Crippen LogP) is 4.36. The number of pyridine rings is 1. The van der Waals surface area contributed by atoms with Gasteiger partial charge >= 0.3 is 0 Å². The Morgan fingerprint density at radius 2 is 2.00 bits per heavy atom. The van der Waals surface area contributed by atoms with E-state index in [1.807, 2.05) is 26.0 Å². The van der Waals surface area contributed by atoms with Crippen molar-refractivity contribution in [2.45, 2.75) is 45.3 Å². The van der Waals surface area contributed by atoms with Crippen molar-refractivity contribution in [3.63, 3.8) is 0 Å². The Hall–Kier alpha value is -1.46. The van der Waals surface area contributed by atoms with Gasteiger partial charge in [-0.3, -0.25) is 0 Å². The van der Waals surface area contributed by atoms with Crippen molar-refractivity contribution >= 4 is 43.7 Å². The fraction of sp³-hybridized carbons (Fsp3) is 0.438. The van der Waals surface area contributed by atoms with Crippen LogP contribution in [0.15, 0.2) is 18.3 Å². The summed E-state index contributed by atoms with van der Waals surface area (Å²) in [6.07, 6.45) is 1.53. The topological polar surface area (TPSA) is 70.8 Å². The van der Waals surface area contributed by atoms with Crippen molar-refractivity contribution in [3.05, 3.63) is 33.9 Å². The van der Waals surface area contributed by atoms with Gasteiger partial charge in [0, 0.05) is 0 Å². The highest BCUT2D eigenvalue weighted by atomic mass is 35.5. The summed E-state index contributed by atoms with van der Waals surface area (Å²) in [5.41, 5.74) is 0.516. The molecule has 0 radical (unpaired) electrons. The van der Waals surface area contributed by atoms with Crippen molar-refractivity contribution < 1.29 is 4.43 Å². The van der Waals surface area contributed by atoms with Crippen molar-refractivity contribution in [2.24, 2.45) is 0 Å². The molecule has 2 rings (SSSR count). The van der Waals surface area contributed by atoms with E-state index in [1.54, 1.807) is 0 Å². The minimum absolute atomic E-state index is 0.212. The van der Waals surface area contributed by atoms with Crippen molar-refractivity contribution in [1.82, 2.24) is 9.97 Å². The summed E-state index contributed by atoms with van der Waals surface area (Å²) in [6, 6.07) is 5.80. The van der Waals surface area contributed by atoms with E-state index in [2.05, 4.69) is 42.1 Å². The summed E-state index contributed by atoms with van der Waals surface area (Å²) < 4.78 is 6.23. The normalized spacial score (nSPS) is 12.5. The zero-order valence-corrected chi connectivity index (χ0v) is 17.5. The van der Waals surface area contributed by atoms with Gasteiger partial charge in [0.1, 0.15) is 21.9 Å². The van der Waals surface area contributed by atoms with Crippen LogP contribution in [0.4, 0.5) is 10.9 Å². The Kier molecular flexibility index (Phi) is 5.66. The third-order valence-electron chi connectivity index (χ3n) is 3.21. The Bertz CT molecular complexity index is 764. The molecular formula is C16H21ClN4OSSi. The highest BCUT2D eigenvalue weighted by molar-refractivity contribution is 7.16. The molecule has 0 aliphatic heterocycles. The molecule has 0 bridgehead atoms. The second-order valence-electron chi connectivity index (χ2n) is 7.19. The summed E-state index contributed by atoms with van der Waals surface area (Å²) >= 11 is 7.45. The first-order chi connectivity index (χ1) is 11.1. The molecule has 0 spiro atoms. The van der Waals surface area contributed by atoms with Crippen LogP contribution in [-0.4, -0.2) is 19.7 Å². The van der Waals surface area contributed by atoms with E-state index in [1.165, 1.54) is 17.5 Å². The first kappa shape index (κ1) is 18.9. The molecule has 24 heavy (non-hydrogen) atoms. The van der Waals surface area contributed by atoms with E-state index < -0.39 is 15.4 Å². The Labute approximate surface area is 154 Å². The average molecular weight is 381 g/mol. The van der Waals surface area contributed by atoms with Crippen LogP contribution in [0.3, 0.4) is 0 Å². The molecular weight excluding hydrogens is 360 g/mol. The number of nitrogens with one attached hydrogen (secondary N) is 1. The molecule has 0 fully saturated rings. The van der Waals surface area contributed by atoms with Crippen LogP contribution < -0.4 is 5.32 Å². The number of hydrogen-bond acceptors (Lipinski definition) is 6. The summed E-state index contributed by atoms with van der Waals surface area (Å²) in [5, 5.41) is 13.2. The molecule has 0 atom stereocenters. The molecule has 0 aliphatic carbocycles. The molecule has 0 aliphatic rings. The number of hydrogen-bond donors (Lipinski definition) is 1. The molecule has 0 saturated heterocycles. The number of anilines is 2. The van der Waals surface area contributed by atoms with Gasteiger partial charge in [-0.25, -0.2) is 9.97 Å². The van der Waals surface area contributed by atoms with Crippen molar-refractivity contribution in [2.75, 3.05) is 5.32 Å².